The summed E-state index contributed by atoms with van der Waals surface area (Å²) in [5, 5.41) is 0. The molecule has 2 atom stereocenters. The van der Waals surface area contributed by atoms with E-state index >= 15 is 0 Å². The summed E-state index contributed by atoms with van der Waals surface area (Å²) in [5.41, 5.74) is 2.89. The normalized spacial score (nSPS) is 14.0. The lowest BCUT2D eigenvalue weighted by atomic mass is 9.70. The van der Waals surface area contributed by atoms with Gasteiger partial charge >= 0.3 is 0 Å². The summed E-state index contributed by atoms with van der Waals surface area (Å²) in [5.74, 6) is 0. The zero-order valence-electron chi connectivity index (χ0n) is 22.7. The van der Waals surface area contributed by atoms with Gasteiger partial charge in [0.15, 0.2) is 0 Å². The lowest BCUT2D eigenvalue weighted by Crippen LogP contribution is -2.38. The van der Waals surface area contributed by atoms with Crippen LogP contribution in [0.25, 0.3) is 0 Å². The molecule has 190 valence electrons. The second-order valence-electron chi connectivity index (χ2n) is 10.7. The number of rotatable bonds is 17. The van der Waals surface area contributed by atoms with Gasteiger partial charge < -0.3 is 0 Å². The van der Waals surface area contributed by atoms with Gasteiger partial charge in [0.2, 0.25) is 6.33 Å². The second kappa shape index (κ2) is 14.9. The fourth-order valence-corrected chi connectivity index (χ4v) is 5.61. The van der Waals surface area contributed by atoms with Crippen LogP contribution in [0.4, 0.5) is 0 Å². The van der Waals surface area contributed by atoms with Crippen LogP contribution in [0.5, 0.6) is 0 Å². The lowest BCUT2D eigenvalue weighted by Gasteiger charge is -2.37. The van der Waals surface area contributed by atoms with Gasteiger partial charge in [-0.3, -0.25) is 0 Å². The van der Waals surface area contributed by atoms with Crippen molar-refractivity contribution in [3.8, 4) is 0 Å². The topological polar surface area (TPSA) is 8.81 Å². The smallest absolute Gasteiger partial charge is 0.237 e. The Kier molecular flexibility index (Phi) is 11.6. The van der Waals surface area contributed by atoms with E-state index in [0.717, 1.165) is 13.0 Å². The SMILES string of the molecule is CCCCCCCC[n+]1ccn(C(CCCCCC)C(C)(Cc2ccccc2)c2ccccc2)c1. The first kappa shape index (κ1) is 27.2. The predicted octanol–water partition coefficient (Wildman–Crippen LogP) is 8.85. The molecule has 0 fully saturated rings. The van der Waals surface area contributed by atoms with Gasteiger partial charge in [-0.2, -0.15) is 0 Å². The van der Waals surface area contributed by atoms with Crippen molar-refractivity contribution in [3.05, 3.63) is 90.5 Å². The molecule has 3 aromatic rings. The highest BCUT2D eigenvalue weighted by molar-refractivity contribution is 5.30. The quantitative estimate of drug-likeness (QED) is 0.137. The van der Waals surface area contributed by atoms with Crippen molar-refractivity contribution in [2.24, 2.45) is 0 Å². The monoisotopic (exact) mass is 473 g/mol. The lowest BCUT2D eigenvalue weighted by molar-refractivity contribution is -0.697. The van der Waals surface area contributed by atoms with Crippen molar-refractivity contribution in [2.75, 3.05) is 0 Å². The zero-order chi connectivity index (χ0) is 24.8. The molecule has 1 heterocycles. The largest absolute Gasteiger partial charge is 0.244 e. The summed E-state index contributed by atoms with van der Waals surface area (Å²) < 4.78 is 4.96. The second-order valence-corrected chi connectivity index (χ2v) is 10.7. The van der Waals surface area contributed by atoms with Gasteiger partial charge in [-0.15, -0.1) is 0 Å². The van der Waals surface area contributed by atoms with Crippen molar-refractivity contribution in [3.63, 3.8) is 0 Å². The van der Waals surface area contributed by atoms with Gasteiger partial charge in [0.1, 0.15) is 18.4 Å². The summed E-state index contributed by atoms with van der Waals surface area (Å²) >= 11 is 0. The van der Waals surface area contributed by atoms with Crippen LogP contribution >= 0.6 is 0 Å². The first-order valence-corrected chi connectivity index (χ1v) is 14.3. The highest BCUT2D eigenvalue weighted by Gasteiger charge is 2.40. The summed E-state index contributed by atoms with van der Waals surface area (Å²) in [6, 6.07) is 22.8. The summed E-state index contributed by atoms with van der Waals surface area (Å²) in [7, 11) is 0. The Bertz CT molecular complexity index is 930. The molecule has 0 spiro atoms. The van der Waals surface area contributed by atoms with Gasteiger partial charge in [0.25, 0.3) is 0 Å². The van der Waals surface area contributed by atoms with Gasteiger partial charge in [-0.25, -0.2) is 9.13 Å². The van der Waals surface area contributed by atoms with Crippen LogP contribution in [0.2, 0.25) is 0 Å². The van der Waals surface area contributed by atoms with Crippen LogP contribution in [0.3, 0.4) is 0 Å². The van der Waals surface area contributed by atoms with Crippen molar-refractivity contribution in [2.45, 2.75) is 116 Å². The Morgan fingerprint density at radius 2 is 1.34 bits per heavy atom. The molecule has 0 aliphatic rings. The van der Waals surface area contributed by atoms with E-state index in [1.165, 1.54) is 81.8 Å². The number of aromatic nitrogens is 2. The molecule has 0 radical (unpaired) electrons. The predicted molar refractivity (Wildman–Crippen MR) is 150 cm³/mol. The van der Waals surface area contributed by atoms with Gasteiger partial charge in [-0.1, -0.05) is 126 Å². The maximum atomic E-state index is 2.54. The Balaban J connectivity index is 1.83. The molecule has 2 nitrogen and oxygen atoms in total. The van der Waals surface area contributed by atoms with Crippen LogP contribution in [-0.4, -0.2) is 4.57 Å². The molecule has 2 aromatic carbocycles. The highest BCUT2D eigenvalue weighted by atomic mass is 15.1. The number of benzene rings is 2. The third-order valence-corrected chi connectivity index (χ3v) is 7.76. The van der Waals surface area contributed by atoms with E-state index in [-0.39, 0.29) is 5.41 Å². The number of hydrogen-bond donors (Lipinski definition) is 0. The zero-order valence-corrected chi connectivity index (χ0v) is 22.7. The Hall–Kier alpha value is -2.35. The van der Waals surface area contributed by atoms with Gasteiger partial charge in [-0.05, 0) is 43.2 Å². The molecule has 0 aliphatic heterocycles. The molecule has 0 N–H and O–H groups in total. The van der Waals surface area contributed by atoms with E-state index in [1.807, 2.05) is 0 Å². The minimum absolute atomic E-state index is 0.0197. The minimum Gasteiger partial charge on any atom is -0.237 e. The first-order valence-electron chi connectivity index (χ1n) is 14.3. The van der Waals surface area contributed by atoms with E-state index in [2.05, 4.69) is 109 Å². The molecule has 0 saturated carbocycles. The number of unbranched alkanes of at least 4 members (excludes halogenated alkanes) is 8. The molecule has 35 heavy (non-hydrogen) atoms. The molecule has 0 bridgehead atoms. The molecular weight excluding hydrogens is 424 g/mol. The van der Waals surface area contributed by atoms with Crippen molar-refractivity contribution in [1.29, 1.82) is 0 Å². The van der Waals surface area contributed by atoms with Crippen LogP contribution in [0.1, 0.15) is 109 Å². The maximum Gasteiger partial charge on any atom is 0.244 e. The Morgan fingerprint density at radius 1 is 0.743 bits per heavy atom. The Labute approximate surface area is 215 Å². The summed E-state index contributed by atoms with van der Waals surface area (Å²) in [6.07, 6.45) is 22.6. The van der Waals surface area contributed by atoms with Gasteiger partial charge in [0.05, 0.1) is 6.54 Å². The van der Waals surface area contributed by atoms with Crippen molar-refractivity contribution in [1.82, 2.24) is 4.57 Å². The first-order chi connectivity index (χ1) is 17.2. The van der Waals surface area contributed by atoms with E-state index in [1.54, 1.807) is 0 Å². The molecule has 2 heteroatoms. The standard InChI is InChI=1S/C33H49N2/c1-4-6-8-10-11-19-25-34-26-27-35(29-34)32(24-18-9-7-5-2)33(3,31-22-16-13-17-23-31)28-30-20-14-12-15-21-30/h12-17,20-23,26-27,29,32H,4-11,18-19,24-25,28H2,1-3H3/q+1. The van der Waals surface area contributed by atoms with E-state index in [9.17, 15) is 0 Å². The van der Waals surface area contributed by atoms with Crippen LogP contribution in [-0.2, 0) is 18.4 Å². The van der Waals surface area contributed by atoms with Crippen molar-refractivity contribution >= 4 is 0 Å². The highest BCUT2D eigenvalue weighted by Crippen LogP contribution is 2.41. The molecule has 1 aromatic heterocycles. The average molecular weight is 474 g/mol. The molecule has 2 unspecified atom stereocenters. The molecule has 0 aliphatic carbocycles. The number of nitrogens with zero attached hydrogens (tertiary/aromatic N) is 2. The van der Waals surface area contributed by atoms with Crippen LogP contribution in [0, 0.1) is 0 Å². The number of imidazole rings is 1. The van der Waals surface area contributed by atoms with E-state index in [0.29, 0.717) is 6.04 Å². The minimum atomic E-state index is 0.0197. The Morgan fingerprint density at radius 3 is 2.03 bits per heavy atom. The fourth-order valence-electron chi connectivity index (χ4n) is 5.61. The average Bonchev–Trinajstić information content (AvgIpc) is 3.35. The fraction of sp³-hybridized carbons (Fsp3) is 0.545. The van der Waals surface area contributed by atoms with Crippen LogP contribution < -0.4 is 4.57 Å². The third-order valence-electron chi connectivity index (χ3n) is 7.76. The molecular formula is C33H49N2+. The number of aryl methyl sites for hydroxylation is 1. The maximum absolute atomic E-state index is 2.54. The molecule has 3 rings (SSSR count). The van der Waals surface area contributed by atoms with Crippen molar-refractivity contribution < 1.29 is 4.57 Å². The van der Waals surface area contributed by atoms with E-state index < -0.39 is 0 Å². The summed E-state index contributed by atoms with van der Waals surface area (Å²) in [6.45, 7) is 8.22. The van der Waals surface area contributed by atoms with E-state index in [4.69, 9.17) is 0 Å². The number of hydrogen-bond acceptors (Lipinski definition) is 0. The van der Waals surface area contributed by atoms with Crippen LogP contribution in [0.15, 0.2) is 79.4 Å². The summed E-state index contributed by atoms with van der Waals surface area (Å²) in [4.78, 5) is 0. The molecule has 0 amide bonds. The third kappa shape index (κ3) is 8.37. The van der Waals surface area contributed by atoms with Gasteiger partial charge in [0, 0.05) is 5.41 Å². The molecule has 0 saturated heterocycles.